The van der Waals surface area contributed by atoms with Crippen LogP contribution in [0.5, 0.6) is 0 Å². The average molecular weight is 420 g/mol. The fourth-order valence-electron chi connectivity index (χ4n) is 4.45. The van der Waals surface area contributed by atoms with Gasteiger partial charge < -0.3 is 10.2 Å². The zero-order chi connectivity index (χ0) is 21.4. The number of aromatic nitrogens is 4. The molecule has 1 saturated heterocycles. The molecule has 9 heteroatoms. The number of carbonyl (C=O) groups excluding carboxylic acids is 2. The fourth-order valence-corrected chi connectivity index (χ4v) is 4.45. The highest BCUT2D eigenvalue weighted by Gasteiger charge is 2.29. The number of piperazine rings is 1. The Kier molecular flexibility index (Phi) is 5.01. The molecule has 3 aromatic rings. The number of H-pyrrole nitrogens is 1. The summed E-state index contributed by atoms with van der Waals surface area (Å²) in [6.07, 6.45) is 4.16. The molecule has 2 amide bonds. The van der Waals surface area contributed by atoms with Crippen LogP contribution in [0.15, 0.2) is 35.1 Å². The number of aryl methyl sites for hydroxylation is 1. The van der Waals surface area contributed by atoms with E-state index in [1.165, 1.54) is 4.52 Å². The Morgan fingerprint density at radius 3 is 2.74 bits per heavy atom. The molecule has 1 fully saturated rings. The first-order chi connectivity index (χ1) is 15.1. The van der Waals surface area contributed by atoms with Crippen molar-refractivity contribution < 1.29 is 9.59 Å². The fraction of sp³-hybridized carbons (Fsp3) is 0.409. The second-order valence-electron chi connectivity index (χ2n) is 8.26. The van der Waals surface area contributed by atoms with Crippen LogP contribution in [-0.4, -0.2) is 55.4 Å². The highest BCUT2D eigenvalue weighted by molar-refractivity contribution is 5.87. The van der Waals surface area contributed by atoms with Crippen molar-refractivity contribution in [1.29, 1.82) is 0 Å². The van der Waals surface area contributed by atoms with Gasteiger partial charge in [-0.15, -0.1) is 0 Å². The van der Waals surface area contributed by atoms with E-state index in [1.54, 1.807) is 4.90 Å². The van der Waals surface area contributed by atoms with Gasteiger partial charge >= 0.3 is 0 Å². The molecule has 9 nitrogen and oxygen atoms in total. The van der Waals surface area contributed by atoms with Crippen molar-refractivity contribution in [2.45, 2.75) is 44.6 Å². The molecule has 0 unspecified atom stereocenters. The topological polar surface area (TPSA) is 112 Å². The summed E-state index contributed by atoms with van der Waals surface area (Å²) in [6.45, 7) is 0.461. The van der Waals surface area contributed by atoms with Crippen LogP contribution < -0.4 is 10.9 Å². The summed E-state index contributed by atoms with van der Waals surface area (Å²) in [5, 5.41) is 5.89. The van der Waals surface area contributed by atoms with Crippen molar-refractivity contribution in [1.82, 2.24) is 29.8 Å². The maximum Gasteiger partial charge on any atom is 0.277 e. The Morgan fingerprint density at radius 2 is 1.90 bits per heavy atom. The number of amides is 2. The lowest BCUT2D eigenvalue weighted by molar-refractivity contribution is -0.139. The minimum absolute atomic E-state index is 0.0151. The smallest absolute Gasteiger partial charge is 0.277 e. The molecule has 2 aliphatic rings. The molecule has 0 radical (unpaired) electrons. The van der Waals surface area contributed by atoms with Gasteiger partial charge in [-0.25, -0.2) is 4.98 Å². The molecule has 2 aromatic heterocycles. The second kappa shape index (κ2) is 7.98. The first-order valence-electron chi connectivity index (χ1n) is 10.7. The predicted octanol–water partition coefficient (Wildman–Crippen LogP) is 0.409. The van der Waals surface area contributed by atoms with Crippen molar-refractivity contribution in [2.75, 3.05) is 13.1 Å². The molecule has 1 aliphatic carbocycles. The maximum absolute atomic E-state index is 12.9. The molecular formula is C22H24N6O3. The van der Waals surface area contributed by atoms with E-state index in [9.17, 15) is 14.4 Å². The molecule has 3 heterocycles. The van der Waals surface area contributed by atoms with Crippen molar-refractivity contribution in [2.24, 2.45) is 0 Å². The predicted molar refractivity (Wildman–Crippen MR) is 113 cm³/mol. The van der Waals surface area contributed by atoms with Crippen LogP contribution >= 0.6 is 0 Å². The molecule has 1 aromatic carbocycles. The van der Waals surface area contributed by atoms with Crippen LogP contribution in [0.25, 0.3) is 5.78 Å². The number of hydrogen-bond donors (Lipinski definition) is 2. The second-order valence-corrected chi connectivity index (χ2v) is 8.26. The van der Waals surface area contributed by atoms with Crippen molar-refractivity contribution >= 4 is 17.6 Å². The maximum atomic E-state index is 12.9. The highest BCUT2D eigenvalue weighted by Crippen LogP contribution is 2.16. The van der Waals surface area contributed by atoms with E-state index < -0.39 is 0 Å². The normalized spacial score (nSPS) is 18.6. The summed E-state index contributed by atoms with van der Waals surface area (Å²) in [4.78, 5) is 48.3. The van der Waals surface area contributed by atoms with Gasteiger partial charge in [0.15, 0.2) is 0 Å². The molecule has 5 rings (SSSR count). The summed E-state index contributed by atoms with van der Waals surface area (Å²) in [5.74, 6) is 0.301. The van der Waals surface area contributed by atoms with Crippen LogP contribution in [0.1, 0.15) is 35.5 Å². The van der Waals surface area contributed by atoms with E-state index >= 15 is 0 Å². The van der Waals surface area contributed by atoms with Crippen LogP contribution in [0, 0.1) is 0 Å². The molecule has 31 heavy (non-hydrogen) atoms. The number of hydrogen-bond acceptors (Lipinski definition) is 5. The lowest BCUT2D eigenvalue weighted by Gasteiger charge is -2.33. The van der Waals surface area contributed by atoms with E-state index in [4.69, 9.17) is 0 Å². The van der Waals surface area contributed by atoms with E-state index in [2.05, 4.69) is 20.4 Å². The minimum Gasteiger partial charge on any atom is -0.350 e. The zero-order valence-electron chi connectivity index (χ0n) is 17.1. The van der Waals surface area contributed by atoms with Crippen LogP contribution in [0.3, 0.4) is 0 Å². The Labute approximate surface area is 178 Å². The number of carbonyl (C=O) groups is 2. The van der Waals surface area contributed by atoms with Gasteiger partial charge in [-0.2, -0.15) is 9.50 Å². The number of nitrogens with one attached hydrogen (secondary N) is 2. The average Bonchev–Trinajstić information content (AvgIpc) is 3.17. The third-order valence-electron chi connectivity index (χ3n) is 5.95. The largest absolute Gasteiger partial charge is 0.350 e. The summed E-state index contributed by atoms with van der Waals surface area (Å²) < 4.78 is 1.33. The Hall–Kier alpha value is -3.49. The summed E-state index contributed by atoms with van der Waals surface area (Å²) >= 11 is 0. The summed E-state index contributed by atoms with van der Waals surface area (Å²) in [7, 11) is 0. The molecule has 2 N–H and O–H groups in total. The van der Waals surface area contributed by atoms with Crippen molar-refractivity contribution in [3.63, 3.8) is 0 Å². The van der Waals surface area contributed by atoms with Gasteiger partial charge in [0.25, 0.3) is 11.3 Å². The van der Waals surface area contributed by atoms with Crippen molar-refractivity contribution in [3.8, 4) is 0 Å². The lowest BCUT2D eigenvalue weighted by Crippen LogP contribution is -2.56. The summed E-state index contributed by atoms with van der Waals surface area (Å²) in [6, 6.07) is 9.73. The number of aromatic amines is 1. The van der Waals surface area contributed by atoms with Gasteiger partial charge in [0, 0.05) is 12.1 Å². The Morgan fingerprint density at radius 1 is 1.10 bits per heavy atom. The Balaban J connectivity index is 1.32. The van der Waals surface area contributed by atoms with Gasteiger partial charge in [-0.05, 0) is 37.7 Å². The van der Waals surface area contributed by atoms with Crippen LogP contribution in [0.2, 0.25) is 0 Å². The van der Waals surface area contributed by atoms with Gasteiger partial charge in [-0.1, -0.05) is 30.3 Å². The number of nitrogens with zero attached hydrogens (tertiary/aromatic N) is 4. The van der Waals surface area contributed by atoms with Gasteiger partial charge in [-0.3, -0.25) is 19.5 Å². The third kappa shape index (κ3) is 3.95. The number of rotatable bonds is 4. The minimum atomic E-state index is -0.204. The number of fused-ring (bicyclic) bond motifs is 2. The first kappa shape index (κ1) is 19.5. The Bertz CT molecular complexity index is 1200. The van der Waals surface area contributed by atoms with E-state index in [-0.39, 0.29) is 36.4 Å². The quantitative estimate of drug-likeness (QED) is 0.635. The van der Waals surface area contributed by atoms with Crippen LogP contribution in [0.4, 0.5) is 0 Å². The van der Waals surface area contributed by atoms with Crippen molar-refractivity contribution in [3.05, 3.63) is 63.3 Å². The molecule has 0 bridgehead atoms. The van der Waals surface area contributed by atoms with Crippen LogP contribution in [-0.2, 0) is 35.3 Å². The summed E-state index contributed by atoms with van der Waals surface area (Å²) in [5.41, 5.74) is 2.53. The van der Waals surface area contributed by atoms with Gasteiger partial charge in [0.1, 0.15) is 5.82 Å². The van der Waals surface area contributed by atoms with Gasteiger partial charge in [0.2, 0.25) is 11.8 Å². The standard InChI is InChI=1S/C22H24N6O3/c29-19-13-27(12-15(23-19)10-14-6-2-1-3-7-14)20(30)11-18-25-22-24-17-9-5-4-8-16(17)21(31)28(22)26-18/h1-3,6-7,15H,4-5,8-13H2,(H,23,29)(H,24,25,26)/t15-/m0/s1. The highest BCUT2D eigenvalue weighted by atomic mass is 16.2. The van der Waals surface area contributed by atoms with Gasteiger partial charge in [0.05, 0.1) is 24.7 Å². The molecule has 160 valence electrons. The molecule has 1 atom stereocenters. The monoisotopic (exact) mass is 420 g/mol. The van der Waals surface area contributed by atoms with E-state index in [0.29, 0.717) is 24.6 Å². The van der Waals surface area contributed by atoms with E-state index in [1.807, 2.05) is 30.3 Å². The zero-order valence-corrected chi connectivity index (χ0v) is 17.1. The molecule has 0 saturated carbocycles. The SMILES string of the molecule is O=C1CN(C(=O)Cc2nc3nc4c(c(=O)n3[nH]2)CCCC4)C[C@H](Cc2ccccc2)N1. The number of benzene rings is 1. The molecular weight excluding hydrogens is 396 g/mol. The van der Waals surface area contributed by atoms with E-state index in [0.717, 1.165) is 42.5 Å². The third-order valence-corrected chi connectivity index (χ3v) is 5.95. The lowest BCUT2D eigenvalue weighted by atomic mass is 9.97. The molecule has 1 aliphatic heterocycles. The first-order valence-corrected chi connectivity index (χ1v) is 10.7. The molecule has 0 spiro atoms.